The minimum atomic E-state index is 0.577. The first-order valence-corrected chi connectivity index (χ1v) is 2.19. The summed E-state index contributed by atoms with van der Waals surface area (Å²) in [5, 5.41) is 0. The standard InChI is InChI=1S/C5H11NO/c1-5(3-6)4-7-2/h4H,3,6H2,1-2H3/b5-4-. The Balaban J connectivity index is 3.29. The zero-order valence-electron chi connectivity index (χ0n) is 4.77. The molecule has 2 N–H and O–H groups in total. The van der Waals surface area contributed by atoms with Crippen molar-refractivity contribution in [2.75, 3.05) is 13.7 Å². The van der Waals surface area contributed by atoms with Gasteiger partial charge in [-0.05, 0) is 12.5 Å². The zero-order valence-corrected chi connectivity index (χ0v) is 4.77. The fourth-order valence-electron chi connectivity index (χ4n) is 0.249. The van der Waals surface area contributed by atoms with Gasteiger partial charge in [-0.25, -0.2) is 0 Å². The Morgan fingerprint density at radius 1 is 1.86 bits per heavy atom. The van der Waals surface area contributed by atoms with Crippen LogP contribution in [0.3, 0.4) is 0 Å². The highest BCUT2D eigenvalue weighted by atomic mass is 16.5. The van der Waals surface area contributed by atoms with Gasteiger partial charge in [-0.1, -0.05) is 0 Å². The summed E-state index contributed by atoms with van der Waals surface area (Å²) >= 11 is 0. The Morgan fingerprint density at radius 2 is 2.43 bits per heavy atom. The van der Waals surface area contributed by atoms with E-state index in [1.165, 1.54) is 0 Å². The lowest BCUT2D eigenvalue weighted by Crippen LogP contribution is -1.99. The van der Waals surface area contributed by atoms with Crippen molar-refractivity contribution in [2.45, 2.75) is 6.92 Å². The molecular formula is C5H11NO. The number of rotatable bonds is 2. The molecule has 0 atom stereocenters. The normalized spacial score (nSPS) is 11.6. The molecule has 0 aliphatic heterocycles. The lowest BCUT2D eigenvalue weighted by molar-refractivity contribution is 0.333. The van der Waals surface area contributed by atoms with E-state index in [-0.39, 0.29) is 0 Å². The van der Waals surface area contributed by atoms with Crippen LogP contribution in [0.25, 0.3) is 0 Å². The van der Waals surface area contributed by atoms with E-state index in [1.54, 1.807) is 13.4 Å². The van der Waals surface area contributed by atoms with Gasteiger partial charge in [0.2, 0.25) is 0 Å². The van der Waals surface area contributed by atoms with Gasteiger partial charge in [-0.15, -0.1) is 0 Å². The molecular weight excluding hydrogens is 90.1 g/mol. The van der Waals surface area contributed by atoms with Crippen molar-refractivity contribution in [3.63, 3.8) is 0 Å². The molecule has 2 nitrogen and oxygen atoms in total. The van der Waals surface area contributed by atoms with Gasteiger partial charge in [0.05, 0.1) is 13.4 Å². The van der Waals surface area contributed by atoms with Crippen molar-refractivity contribution in [3.8, 4) is 0 Å². The van der Waals surface area contributed by atoms with Crippen LogP contribution in [0.1, 0.15) is 6.92 Å². The van der Waals surface area contributed by atoms with Crippen LogP contribution >= 0.6 is 0 Å². The molecule has 0 amide bonds. The van der Waals surface area contributed by atoms with E-state index in [1.807, 2.05) is 6.92 Å². The molecule has 0 rings (SSSR count). The SMILES string of the molecule is CO/C=C(/C)CN. The molecule has 0 saturated heterocycles. The van der Waals surface area contributed by atoms with E-state index in [0.29, 0.717) is 6.54 Å². The summed E-state index contributed by atoms with van der Waals surface area (Å²) in [5.41, 5.74) is 6.27. The average molecular weight is 101 g/mol. The number of methoxy groups -OCH3 is 1. The minimum Gasteiger partial charge on any atom is -0.504 e. The summed E-state index contributed by atoms with van der Waals surface area (Å²) in [4.78, 5) is 0. The van der Waals surface area contributed by atoms with E-state index < -0.39 is 0 Å². The van der Waals surface area contributed by atoms with E-state index >= 15 is 0 Å². The molecule has 0 aliphatic rings. The van der Waals surface area contributed by atoms with Gasteiger partial charge >= 0.3 is 0 Å². The van der Waals surface area contributed by atoms with Crippen LogP contribution in [0.2, 0.25) is 0 Å². The van der Waals surface area contributed by atoms with Gasteiger partial charge in [-0.2, -0.15) is 0 Å². The number of hydrogen-bond acceptors (Lipinski definition) is 2. The minimum absolute atomic E-state index is 0.577. The molecule has 0 aromatic heterocycles. The lowest BCUT2D eigenvalue weighted by Gasteiger charge is -1.91. The summed E-state index contributed by atoms with van der Waals surface area (Å²) in [6.45, 7) is 2.50. The lowest BCUT2D eigenvalue weighted by atomic mass is 10.3. The smallest absolute Gasteiger partial charge is 0.0826 e. The Hall–Kier alpha value is -0.500. The summed E-state index contributed by atoms with van der Waals surface area (Å²) < 4.78 is 4.65. The molecule has 0 aromatic rings. The molecule has 0 unspecified atom stereocenters. The predicted octanol–water partition coefficient (Wildman–Crippen LogP) is 0.495. The second-order valence-electron chi connectivity index (χ2n) is 1.40. The van der Waals surface area contributed by atoms with Crippen molar-refractivity contribution in [3.05, 3.63) is 11.8 Å². The van der Waals surface area contributed by atoms with Gasteiger partial charge in [0.25, 0.3) is 0 Å². The number of ether oxygens (including phenoxy) is 1. The van der Waals surface area contributed by atoms with Crippen LogP contribution in [0, 0.1) is 0 Å². The summed E-state index contributed by atoms with van der Waals surface area (Å²) in [6, 6.07) is 0. The third-order valence-corrected chi connectivity index (χ3v) is 0.641. The molecule has 0 heterocycles. The maximum absolute atomic E-state index is 5.21. The van der Waals surface area contributed by atoms with E-state index in [0.717, 1.165) is 5.57 Å². The van der Waals surface area contributed by atoms with Gasteiger partial charge < -0.3 is 10.5 Å². The van der Waals surface area contributed by atoms with Crippen LogP contribution in [0.5, 0.6) is 0 Å². The van der Waals surface area contributed by atoms with Crippen molar-refractivity contribution in [1.82, 2.24) is 0 Å². The van der Waals surface area contributed by atoms with Gasteiger partial charge in [0.1, 0.15) is 0 Å². The van der Waals surface area contributed by atoms with E-state index in [2.05, 4.69) is 4.74 Å². The maximum Gasteiger partial charge on any atom is 0.0826 e. The summed E-state index contributed by atoms with van der Waals surface area (Å²) in [6.07, 6.45) is 1.64. The predicted molar refractivity (Wildman–Crippen MR) is 29.8 cm³/mol. The molecule has 42 valence electrons. The van der Waals surface area contributed by atoms with E-state index in [4.69, 9.17) is 5.73 Å². The second-order valence-corrected chi connectivity index (χ2v) is 1.40. The Bertz CT molecular complexity index is 68.5. The first-order chi connectivity index (χ1) is 3.31. The van der Waals surface area contributed by atoms with Crippen LogP contribution in [0.15, 0.2) is 11.8 Å². The highest BCUT2D eigenvalue weighted by Crippen LogP contribution is 1.84. The summed E-state index contributed by atoms with van der Waals surface area (Å²) in [7, 11) is 1.61. The molecule has 0 bridgehead atoms. The molecule has 0 radical (unpaired) electrons. The summed E-state index contributed by atoms with van der Waals surface area (Å²) in [5.74, 6) is 0. The van der Waals surface area contributed by atoms with Crippen LogP contribution in [-0.2, 0) is 4.74 Å². The molecule has 0 fully saturated rings. The fourth-order valence-corrected chi connectivity index (χ4v) is 0.249. The average Bonchev–Trinajstić information content (AvgIpc) is 1.68. The topological polar surface area (TPSA) is 35.2 Å². The molecule has 0 aromatic carbocycles. The van der Waals surface area contributed by atoms with Crippen molar-refractivity contribution in [2.24, 2.45) is 5.73 Å². The molecule has 0 aliphatic carbocycles. The van der Waals surface area contributed by atoms with Crippen molar-refractivity contribution >= 4 is 0 Å². The molecule has 0 saturated carbocycles. The highest BCUT2D eigenvalue weighted by Gasteiger charge is 1.77. The quantitative estimate of drug-likeness (QED) is 0.514. The molecule has 7 heavy (non-hydrogen) atoms. The molecule has 0 spiro atoms. The number of hydrogen-bond donors (Lipinski definition) is 1. The van der Waals surface area contributed by atoms with Crippen molar-refractivity contribution < 1.29 is 4.74 Å². The Morgan fingerprint density at radius 3 is 2.57 bits per heavy atom. The van der Waals surface area contributed by atoms with Gasteiger partial charge in [0.15, 0.2) is 0 Å². The highest BCUT2D eigenvalue weighted by molar-refractivity contribution is 4.93. The monoisotopic (exact) mass is 101 g/mol. The maximum atomic E-state index is 5.21. The first kappa shape index (κ1) is 6.50. The van der Waals surface area contributed by atoms with Crippen LogP contribution in [-0.4, -0.2) is 13.7 Å². The Labute approximate surface area is 44.0 Å². The molecule has 2 heteroatoms. The first-order valence-electron chi connectivity index (χ1n) is 2.19. The third kappa shape index (κ3) is 3.33. The zero-order chi connectivity index (χ0) is 5.70. The van der Waals surface area contributed by atoms with Gasteiger partial charge in [0, 0.05) is 6.54 Å². The largest absolute Gasteiger partial charge is 0.504 e. The second kappa shape index (κ2) is 3.68. The van der Waals surface area contributed by atoms with E-state index in [9.17, 15) is 0 Å². The Kier molecular flexibility index (Phi) is 3.42. The van der Waals surface area contributed by atoms with Crippen LogP contribution < -0.4 is 5.73 Å². The third-order valence-electron chi connectivity index (χ3n) is 0.641. The van der Waals surface area contributed by atoms with Crippen LogP contribution in [0.4, 0.5) is 0 Å². The van der Waals surface area contributed by atoms with Gasteiger partial charge in [-0.3, -0.25) is 0 Å². The van der Waals surface area contributed by atoms with Crippen molar-refractivity contribution in [1.29, 1.82) is 0 Å². The fraction of sp³-hybridized carbons (Fsp3) is 0.600. The number of nitrogens with two attached hydrogens (primary N) is 1.